The standard InChI is InChI=1S/C22H25ClN6O/c23-18-6-4-17(5-7-18)8-10-25-21(30)15-19-3-1-2-13-29(19)20-9-11-26-22(27-20)28-14-12-24-16-28/h4-7,9,11-12,14,16,19H,1-3,8,10,13,15H2,(H,25,30). The third kappa shape index (κ3) is 5.16. The SMILES string of the molecule is O=C(CC1CCCCN1c1ccnc(-n2ccnc2)n1)NCCc1ccc(Cl)cc1. The van der Waals surface area contributed by atoms with Crippen molar-refractivity contribution in [3.8, 4) is 5.95 Å². The van der Waals surface area contributed by atoms with Gasteiger partial charge in [0.05, 0.1) is 0 Å². The number of aromatic nitrogens is 4. The van der Waals surface area contributed by atoms with E-state index in [2.05, 4.69) is 20.2 Å². The fraction of sp³-hybridized carbons (Fsp3) is 0.364. The van der Waals surface area contributed by atoms with Gasteiger partial charge in [-0.25, -0.2) is 9.97 Å². The van der Waals surface area contributed by atoms with Crippen LogP contribution in [0.1, 0.15) is 31.2 Å². The van der Waals surface area contributed by atoms with Gasteiger partial charge < -0.3 is 10.2 Å². The Labute approximate surface area is 181 Å². The summed E-state index contributed by atoms with van der Waals surface area (Å²) in [6, 6.07) is 9.78. The molecule has 1 saturated heterocycles. The third-order valence-electron chi connectivity index (χ3n) is 5.36. The summed E-state index contributed by atoms with van der Waals surface area (Å²) < 4.78 is 1.78. The lowest BCUT2D eigenvalue weighted by Gasteiger charge is -2.36. The Hall–Kier alpha value is -2.93. The average Bonchev–Trinajstić information content (AvgIpc) is 3.31. The number of piperidine rings is 1. The number of hydrogen-bond acceptors (Lipinski definition) is 5. The number of carbonyl (C=O) groups excluding carboxylic acids is 1. The lowest BCUT2D eigenvalue weighted by Crippen LogP contribution is -2.43. The molecule has 7 nitrogen and oxygen atoms in total. The van der Waals surface area contributed by atoms with Crippen LogP contribution in [0.5, 0.6) is 0 Å². The van der Waals surface area contributed by atoms with Crippen molar-refractivity contribution in [1.82, 2.24) is 24.8 Å². The molecule has 4 rings (SSSR count). The van der Waals surface area contributed by atoms with E-state index < -0.39 is 0 Å². The second-order valence-electron chi connectivity index (χ2n) is 7.46. The molecule has 30 heavy (non-hydrogen) atoms. The number of amides is 1. The predicted octanol–water partition coefficient (Wildman–Crippen LogP) is 3.42. The van der Waals surface area contributed by atoms with E-state index in [4.69, 9.17) is 16.6 Å². The normalized spacial score (nSPS) is 16.4. The summed E-state index contributed by atoms with van der Waals surface area (Å²) in [6.45, 7) is 1.51. The van der Waals surface area contributed by atoms with Crippen molar-refractivity contribution in [3.05, 3.63) is 65.8 Å². The highest BCUT2D eigenvalue weighted by Gasteiger charge is 2.26. The van der Waals surface area contributed by atoms with Crippen molar-refractivity contribution in [3.63, 3.8) is 0 Å². The van der Waals surface area contributed by atoms with Gasteiger partial charge in [-0.2, -0.15) is 4.98 Å². The van der Waals surface area contributed by atoms with Gasteiger partial charge in [0.25, 0.3) is 0 Å². The first-order valence-electron chi connectivity index (χ1n) is 10.3. The molecule has 0 radical (unpaired) electrons. The summed E-state index contributed by atoms with van der Waals surface area (Å²) in [5.74, 6) is 1.51. The van der Waals surface area contributed by atoms with Gasteiger partial charge in [0.2, 0.25) is 11.9 Å². The van der Waals surface area contributed by atoms with Crippen molar-refractivity contribution in [2.45, 2.75) is 38.1 Å². The van der Waals surface area contributed by atoms with Crippen LogP contribution in [-0.4, -0.2) is 44.6 Å². The van der Waals surface area contributed by atoms with Crippen molar-refractivity contribution >= 4 is 23.3 Å². The number of anilines is 1. The lowest BCUT2D eigenvalue weighted by molar-refractivity contribution is -0.121. The number of halogens is 1. The van der Waals surface area contributed by atoms with Gasteiger partial charge in [-0.3, -0.25) is 9.36 Å². The monoisotopic (exact) mass is 424 g/mol. The maximum absolute atomic E-state index is 12.6. The Morgan fingerprint density at radius 2 is 2.03 bits per heavy atom. The summed E-state index contributed by atoms with van der Waals surface area (Å²) >= 11 is 5.92. The van der Waals surface area contributed by atoms with Crippen molar-refractivity contribution in [2.75, 3.05) is 18.0 Å². The molecule has 1 N–H and O–H groups in total. The third-order valence-corrected chi connectivity index (χ3v) is 5.61. The molecule has 1 aromatic carbocycles. The quantitative estimate of drug-likeness (QED) is 0.628. The molecule has 2 aromatic heterocycles. The molecule has 8 heteroatoms. The first-order chi connectivity index (χ1) is 14.7. The van der Waals surface area contributed by atoms with Crippen LogP contribution in [0.15, 0.2) is 55.2 Å². The van der Waals surface area contributed by atoms with Gasteiger partial charge in [0.1, 0.15) is 12.1 Å². The van der Waals surface area contributed by atoms with Crippen molar-refractivity contribution < 1.29 is 4.79 Å². The van der Waals surface area contributed by atoms with Gasteiger partial charge in [0.15, 0.2) is 0 Å². The van der Waals surface area contributed by atoms with E-state index in [1.807, 2.05) is 36.5 Å². The topological polar surface area (TPSA) is 75.9 Å². The zero-order chi connectivity index (χ0) is 20.8. The Morgan fingerprint density at radius 3 is 2.83 bits per heavy atom. The molecule has 3 heterocycles. The molecule has 3 aromatic rings. The van der Waals surface area contributed by atoms with Crippen LogP contribution in [0, 0.1) is 0 Å². The number of hydrogen-bond donors (Lipinski definition) is 1. The van der Waals surface area contributed by atoms with E-state index in [0.717, 1.165) is 48.6 Å². The summed E-state index contributed by atoms with van der Waals surface area (Å²) in [5, 5.41) is 3.78. The van der Waals surface area contributed by atoms with Gasteiger partial charge in [-0.05, 0) is 49.4 Å². The molecule has 0 saturated carbocycles. The van der Waals surface area contributed by atoms with Gasteiger partial charge in [-0.1, -0.05) is 23.7 Å². The van der Waals surface area contributed by atoms with Gasteiger partial charge >= 0.3 is 0 Å². The highest BCUT2D eigenvalue weighted by atomic mass is 35.5. The number of rotatable bonds is 7. The maximum atomic E-state index is 12.6. The Bertz CT molecular complexity index is 960. The minimum absolute atomic E-state index is 0.0738. The van der Waals surface area contributed by atoms with Crippen LogP contribution < -0.4 is 10.2 Å². The minimum Gasteiger partial charge on any atom is -0.356 e. The summed E-state index contributed by atoms with van der Waals surface area (Å²) in [5.41, 5.74) is 1.16. The minimum atomic E-state index is 0.0738. The van der Waals surface area contributed by atoms with Crippen LogP contribution in [-0.2, 0) is 11.2 Å². The van der Waals surface area contributed by atoms with Crippen molar-refractivity contribution in [1.29, 1.82) is 0 Å². The summed E-state index contributed by atoms with van der Waals surface area (Å²) in [6.07, 6.45) is 11.4. The molecule has 1 aliphatic heterocycles. The first kappa shape index (κ1) is 20.3. The maximum Gasteiger partial charge on any atom is 0.236 e. The van der Waals surface area contributed by atoms with Gasteiger partial charge in [0, 0.05) is 49.2 Å². The van der Waals surface area contributed by atoms with Crippen LogP contribution in [0.3, 0.4) is 0 Å². The molecule has 1 fully saturated rings. The summed E-state index contributed by atoms with van der Waals surface area (Å²) in [7, 11) is 0. The Morgan fingerprint density at radius 1 is 1.17 bits per heavy atom. The van der Waals surface area contributed by atoms with E-state index in [-0.39, 0.29) is 11.9 Å². The van der Waals surface area contributed by atoms with E-state index in [9.17, 15) is 4.79 Å². The molecular formula is C22H25ClN6O. The fourth-order valence-corrected chi connectivity index (χ4v) is 3.92. The number of imidazole rings is 1. The number of nitrogens with one attached hydrogen (secondary N) is 1. The van der Waals surface area contributed by atoms with Crippen LogP contribution >= 0.6 is 11.6 Å². The van der Waals surface area contributed by atoms with E-state index >= 15 is 0 Å². The number of nitrogens with zero attached hydrogens (tertiary/aromatic N) is 5. The highest BCUT2D eigenvalue weighted by Crippen LogP contribution is 2.25. The number of benzene rings is 1. The second-order valence-corrected chi connectivity index (χ2v) is 7.89. The largest absolute Gasteiger partial charge is 0.356 e. The van der Waals surface area contributed by atoms with Crippen LogP contribution in [0.4, 0.5) is 5.82 Å². The molecule has 0 bridgehead atoms. The highest BCUT2D eigenvalue weighted by molar-refractivity contribution is 6.30. The van der Waals surface area contributed by atoms with Crippen molar-refractivity contribution in [2.24, 2.45) is 0 Å². The second kappa shape index (κ2) is 9.71. The van der Waals surface area contributed by atoms with Gasteiger partial charge in [-0.15, -0.1) is 0 Å². The Balaban J connectivity index is 1.36. The zero-order valence-corrected chi connectivity index (χ0v) is 17.5. The molecular weight excluding hydrogens is 400 g/mol. The average molecular weight is 425 g/mol. The first-order valence-corrected chi connectivity index (χ1v) is 10.7. The smallest absolute Gasteiger partial charge is 0.236 e. The molecule has 1 amide bonds. The Kier molecular flexibility index (Phi) is 6.59. The van der Waals surface area contributed by atoms with Crippen LogP contribution in [0.25, 0.3) is 5.95 Å². The molecule has 1 aliphatic rings. The molecule has 1 atom stereocenters. The van der Waals surface area contributed by atoms with E-state index in [1.165, 1.54) is 0 Å². The van der Waals surface area contributed by atoms with E-state index in [1.54, 1.807) is 23.3 Å². The zero-order valence-electron chi connectivity index (χ0n) is 16.7. The predicted molar refractivity (Wildman–Crippen MR) is 117 cm³/mol. The molecule has 0 aliphatic carbocycles. The molecule has 0 spiro atoms. The summed E-state index contributed by atoms with van der Waals surface area (Å²) in [4.78, 5) is 27.9. The molecule has 156 valence electrons. The fourth-order valence-electron chi connectivity index (χ4n) is 3.80. The lowest BCUT2D eigenvalue weighted by atomic mass is 9.99. The van der Waals surface area contributed by atoms with E-state index in [0.29, 0.717) is 18.9 Å². The molecule has 1 unspecified atom stereocenters. The van der Waals surface area contributed by atoms with Crippen LogP contribution in [0.2, 0.25) is 5.02 Å². The number of carbonyl (C=O) groups is 1.